The van der Waals surface area contributed by atoms with Crippen LogP contribution in [0.5, 0.6) is 0 Å². The molecule has 0 spiro atoms. The topological polar surface area (TPSA) is 62.2 Å². The van der Waals surface area contributed by atoms with Crippen LogP contribution in [0.1, 0.15) is 12.8 Å². The van der Waals surface area contributed by atoms with Crippen LogP contribution in [0.3, 0.4) is 0 Å². The van der Waals surface area contributed by atoms with E-state index in [9.17, 15) is 0 Å². The third kappa shape index (κ3) is 4.39. The number of ether oxygens (including phenoxy) is 1. The van der Waals surface area contributed by atoms with E-state index in [0.29, 0.717) is 5.92 Å². The summed E-state index contributed by atoms with van der Waals surface area (Å²) in [6, 6.07) is 0. The first-order chi connectivity index (χ1) is 6.72. The first-order valence-corrected chi connectivity index (χ1v) is 4.91. The zero-order valence-electron chi connectivity index (χ0n) is 8.56. The highest BCUT2D eigenvalue weighted by Crippen LogP contribution is 2.16. The second kappa shape index (κ2) is 6.37. The lowest BCUT2D eigenvalue weighted by Crippen LogP contribution is -2.38. The Morgan fingerprint density at radius 3 is 2.50 bits per heavy atom. The normalized spacial score (nSPS) is 19.9. The van der Waals surface area contributed by atoms with E-state index in [-0.39, 0.29) is 6.73 Å². The van der Waals surface area contributed by atoms with Crippen molar-refractivity contribution in [2.24, 2.45) is 5.92 Å². The lowest BCUT2D eigenvalue weighted by molar-refractivity contribution is 0.0390. The van der Waals surface area contributed by atoms with Crippen LogP contribution in [0.25, 0.3) is 0 Å². The highest BCUT2D eigenvalue weighted by Gasteiger charge is 2.20. The lowest BCUT2D eigenvalue weighted by Gasteiger charge is -2.31. The molecule has 1 fully saturated rings. The van der Waals surface area contributed by atoms with E-state index >= 15 is 0 Å². The highest BCUT2D eigenvalue weighted by atomic mass is 16.6. The van der Waals surface area contributed by atoms with Gasteiger partial charge in [-0.15, -0.1) is 0 Å². The van der Waals surface area contributed by atoms with Gasteiger partial charge in [-0.05, 0) is 18.8 Å². The zero-order valence-corrected chi connectivity index (χ0v) is 8.56. The molecule has 0 unspecified atom stereocenters. The maximum Gasteiger partial charge on any atom is 0.634 e. The molecule has 0 bridgehead atoms. The van der Waals surface area contributed by atoms with E-state index in [4.69, 9.17) is 14.8 Å². The van der Waals surface area contributed by atoms with E-state index in [2.05, 4.69) is 9.55 Å². The van der Waals surface area contributed by atoms with Crippen molar-refractivity contribution in [1.82, 2.24) is 4.90 Å². The Hall–Kier alpha value is -0.135. The van der Waals surface area contributed by atoms with Gasteiger partial charge in [0.05, 0.1) is 6.73 Å². The number of rotatable bonds is 5. The van der Waals surface area contributed by atoms with Gasteiger partial charge in [-0.3, -0.25) is 4.90 Å². The van der Waals surface area contributed by atoms with Crippen LogP contribution in [0.4, 0.5) is 0 Å². The summed E-state index contributed by atoms with van der Waals surface area (Å²) in [5.74, 6) is 0.635. The molecule has 0 saturated carbocycles. The van der Waals surface area contributed by atoms with Crippen molar-refractivity contribution in [3.05, 3.63) is 0 Å². The van der Waals surface area contributed by atoms with Crippen molar-refractivity contribution in [2.45, 2.75) is 12.8 Å². The summed E-state index contributed by atoms with van der Waals surface area (Å²) in [4.78, 5) is 2.06. The Labute approximate surface area is 84.8 Å². The predicted octanol–water partition coefficient (Wildman–Crippen LogP) is -0.712. The van der Waals surface area contributed by atoms with Gasteiger partial charge in [0.1, 0.15) is 0 Å². The summed E-state index contributed by atoms with van der Waals surface area (Å²) < 4.78 is 9.77. The van der Waals surface area contributed by atoms with Gasteiger partial charge in [-0.1, -0.05) is 0 Å². The van der Waals surface area contributed by atoms with Crippen LogP contribution in [-0.4, -0.2) is 55.8 Å². The Morgan fingerprint density at radius 1 is 1.36 bits per heavy atom. The van der Waals surface area contributed by atoms with Crippen LogP contribution in [-0.2, 0) is 9.39 Å². The monoisotopic (exact) mass is 203 g/mol. The van der Waals surface area contributed by atoms with Crippen molar-refractivity contribution in [3.63, 3.8) is 0 Å². The fraction of sp³-hybridized carbons (Fsp3) is 1.00. The summed E-state index contributed by atoms with van der Waals surface area (Å²) >= 11 is 0. The van der Waals surface area contributed by atoms with Gasteiger partial charge < -0.3 is 19.4 Å². The number of methoxy groups -OCH3 is 1. The quantitative estimate of drug-likeness (QED) is 0.578. The second-order valence-corrected chi connectivity index (χ2v) is 3.64. The van der Waals surface area contributed by atoms with Crippen molar-refractivity contribution >= 4 is 7.32 Å². The Balaban J connectivity index is 2.09. The predicted molar refractivity (Wildman–Crippen MR) is 52.3 cm³/mol. The summed E-state index contributed by atoms with van der Waals surface area (Å²) in [7, 11) is 0.0594. The molecule has 0 aromatic rings. The van der Waals surface area contributed by atoms with E-state index < -0.39 is 7.32 Å². The van der Waals surface area contributed by atoms with Gasteiger partial charge in [-0.25, -0.2) is 0 Å². The molecule has 0 radical (unpaired) electrons. The Bertz CT molecular complexity index is 150. The molecule has 1 saturated heterocycles. The standard InChI is InChI=1S/C8H18BNO4/c1-13-6-8-2-4-10(5-3-8)7-14-9(11)12/h8,11-12H,2-7H2,1H3. The molecule has 14 heavy (non-hydrogen) atoms. The van der Waals surface area contributed by atoms with Crippen LogP contribution >= 0.6 is 0 Å². The van der Waals surface area contributed by atoms with Crippen LogP contribution in [0, 0.1) is 5.92 Å². The fourth-order valence-corrected chi connectivity index (χ4v) is 1.69. The van der Waals surface area contributed by atoms with Crippen molar-refractivity contribution < 1.29 is 19.4 Å². The van der Waals surface area contributed by atoms with E-state index in [1.165, 1.54) is 0 Å². The molecule has 82 valence electrons. The average molecular weight is 203 g/mol. The van der Waals surface area contributed by atoms with Crippen LogP contribution < -0.4 is 0 Å². The van der Waals surface area contributed by atoms with Gasteiger partial charge in [0.25, 0.3) is 0 Å². The fourth-order valence-electron chi connectivity index (χ4n) is 1.69. The number of nitrogens with zero attached hydrogens (tertiary/aromatic N) is 1. The molecule has 1 rings (SSSR count). The van der Waals surface area contributed by atoms with Crippen LogP contribution in [0.2, 0.25) is 0 Å². The molecule has 0 amide bonds. The minimum absolute atomic E-state index is 0.289. The largest absolute Gasteiger partial charge is 0.634 e. The SMILES string of the molecule is COCC1CCN(COB(O)O)CC1. The third-order valence-corrected chi connectivity index (χ3v) is 2.52. The van der Waals surface area contributed by atoms with Crippen molar-refractivity contribution in [1.29, 1.82) is 0 Å². The molecule has 0 aromatic carbocycles. The van der Waals surface area contributed by atoms with E-state index in [1.807, 2.05) is 0 Å². The molecule has 5 nitrogen and oxygen atoms in total. The number of hydrogen-bond acceptors (Lipinski definition) is 5. The summed E-state index contributed by atoms with van der Waals surface area (Å²) in [5, 5.41) is 17.0. The molecule has 0 atom stereocenters. The molecule has 0 aliphatic carbocycles. The summed E-state index contributed by atoms with van der Waals surface area (Å²) in [5.41, 5.74) is 0. The molecule has 2 N–H and O–H groups in total. The van der Waals surface area contributed by atoms with Crippen molar-refractivity contribution in [2.75, 3.05) is 33.5 Å². The number of piperidine rings is 1. The minimum atomic E-state index is -1.66. The van der Waals surface area contributed by atoms with Gasteiger partial charge >= 0.3 is 7.32 Å². The lowest BCUT2D eigenvalue weighted by atomic mass is 9.98. The molecule has 0 aromatic heterocycles. The van der Waals surface area contributed by atoms with Crippen LogP contribution in [0.15, 0.2) is 0 Å². The maximum atomic E-state index is 8.51. The second-order valence-electron chi connectivity index (χ2n) is 3.64. The average Bonchev–Trinajstić information content (AvgIpc) is 2.17. The van der Waals surface area contributed by atoms with Crippen molar-refractivity contribution in [3.8, 4) is 0 Å². The van der Waals surface area contributed by atoms with Gasteiger partial charge in [0.2, 0.25) is 0 Å². The smallest absolute Gasteiger partial charge is 0.402 e. The Morgan fingerprint density at radius 2 is 2.00 bits per heavy atom. The van der Waals surface area contributed by atoms with E-state index in [1.54, 1.807) is 7.11 Å². The zero-order chi connectivity index (χ0) is 10.4. The third-order valence-electron chi connectivity index (χ3n) is 2.52. The first-order valence-electron chi connectivity index (χ1n) is 4.91. The molecule has 1 aliphatic heterocycles. The first kappa shape index (κ1) is 11.9. The molecular weight excluding hydrogens is 185 g/mol. The van der Waals surface area contributed by atoms with Gasteiger partial charge in [0.15, 0.2) is 0 Å². The molecular formula is C8H18BNO4. The summed E-state index contributed by atoms with van der Waals surface area (Å²) in [6.45, 7) is 2.97. The molecule has 1 aliphatic rings. The maximum absolute atomic E-state index is 8.51. The summed E-state index contributed by atoms with van der Waals surface area (Å²) in [6.07, 6.45) is 2.16. The number of hydrogen-bond donors (Lipinski definition) is 2. The number of likely N-dealkylation sites (tertiary alicyclic amines) is 1. The molecule has 1 heterocycles. The minimum Gasteiger partial charge on any atom is -0.402 e. The highest BCUT2D eigenvalue weighted by molar-refractivity contribution is 6.32. The van der Waals surface area contributed by atoms with E-state index in [0.717, 1.165) is 32.5 Å². The Kier molecular flexibility index (Phi) is 5.43. The molecule has 6 heteroatoms. The van der Waals surface area contributed by atoms with Gasteiger partial charge in [-0.2, -0.15) is 0 Å². The van der Waals surface area contributed by atoms with Gasteiger partial charge in [0, 0.05) is 26.8 Å².